The predicted octanol–water partition coefficient (Wildman–Crippen LogP) is 4.52. The molecule has 5 heteroatoms. The van der Waals surface area contributed by atoms with Gasteiger partial charge in [0.2, 0.25) is 0 Å². The number of aliphatic hydroxyl groups is 3. The van der Waals surface area contributed by atoms with E-state index in [4.69, 9.17) is 9.47 Å². The maximum absolute atomic E-state index is 9.83. The van der Waals surface area contributed by atoms with Gasteiger partial charge in [0.25, 0.3) is 0 Å². The summed E-state index contributed by atoms with van der Waals surface area (Å²) in [5.74, 6) is 0. The van der Waals surface area contributed by atoms with E-state index in [-0.39, 0.29) is 13.2 Å². The number of hydrogen-bond acceptors (Lipinski definition) is 5. The fourth-order valence-corrected chi connectivity index (χ4v) is 3.79. The predicted molar refractivity (Wildman–Crippen MR) is 118 cm³/mol. The van der Waals surface area contributed by atoms with Crippen LogP contribution in [0.3, 0.4) is 0 Å². The molecule has 0 unspecified atom stereocenters. The molecule has 3 N–H and O–H groups in total. The highest BCUT2D eigenvalue weighted by atomic mass is 16.6. The number of allylic oxidation sites excluding steroid dienone is 2. The quantitative estimate of drug-likeness (QED) is 0.227. The summed E-state index contributed by atoms with van der Waals surface area (Å²) in [7, 11) is 0. The second-order valence-electron chi connectivity index (χ2n) is 8.45. The maximum Gasteiger partial charge on any atom is 0.111 e. The van der Waals surface area contributed by atoms with Crippen LogP contribution in [0, 0.1) is 0 Å². The van der Waals surface area contributed by atoms with Gasteiger partial charge in [0, 0.05) is 6.61 Å². The van der Waals surface area contributed by atoms with Crippen molar-refractivity contribution in [1.29, 1.82) is 0 Å². The van der Waals surface area contributed by atoms with Crippen LogP contribution >= 0.6 is 0 Å². The smallest absolute Gasteiger partial charge is 0.111 e. The second-order valence-corrected chi connectivity index (χ2v) is 8.45. The molecule has 1 rings (SSSR count). The molecule has 1 fully saturated rings. The Balaban J connectivity index is 1.76. The Morgan fingerprint density at radius 1 is 0.759 bits per heavy atom. The van der Waals surface area contributed by atoms with Crippen LogP contribution in [0.25, 0.3) is 0 Å². The fourth-order valence-electron chi connectivity index (χ4n) is 3.79. The zero-order valence-electron chi connectivity index (χ0n) is 18.6. The molecular formula is C24H46O5. The van der Waals surface area contributed by atoms with Gasteiger partial charge in [-0.3, -0.25) is 0 Å². The van der Waals surface area contributed by atoms with Crippen molar-refractivity contribution in [3.05, 3.63) is 12.2 Å². The van der Waals surface area contributed by atoms with Gasteiger partial charge in [-0.05, 0) is 26.2 Å². The third-order valence-corrected chi connectivity index (χ3v) is 5.78. The highest BCUT2D eigenvalue weighted by Gasteiger charge is 2.37. The lowest BCUT2D eigenvalue weighted by Gasteiger charge is -2.35. The summed E-state index contributed by atoms with van der Waals surface area (Å²) in [6.45, 7) is 3.06. The van der Waals surface area contributed by atoms with Crippen LogP contribution in [-0.2, 0) is 9.47 Å². The molecule has 0 aromatic heterocycles. The van der Waals surface area contributed by atoms with Gasteiger partial charge in [0.05, 0.1) is 13.2 Å². The highest BCUT2D eigenvalue weighted by molar-refractivity contribution is 4.86. The Hall–Kier alpha value is -0.460. The highest BCUT2D eigenvalue weighted by Crippen LogP contribution is 2.16. The molecule has 0 spiro atoms. The van der Waals surface area contributed by atoms with Gasteiger partial charge in [-0.15, -0.1) is 0 Å². The van der Waals surface area contributed by atoms with Crippen molar-refractivity contribution in [2.75, 3.05) is 19.8 Å². The summed E-state index contributed by atoms with van der Waals surface area (Å²) in [5, 5.41) is 28.9. The first-order chi connectivity index (χ1) is 14.2. The first kappa shape index (κ1) is 26.6. The molecular weight excluding hydrogens is 368 g/mol. The molecule has 4 atom stereocenters. The summed E-state index contributed by atoms with van der Waals surface area (Å²) in [6, 6.07) is 0. The van der Waals surface area contributed by atoms with Crippen molar-refractivity contribution >= 4 is 0 Å². The summed E-state index contributed by atoms with van der Waals surface area (Å²) in [5.41, 5.74) is 0. The van der Waals surface area contributed by atoms with Crippen molar-refractivity contribution in [3.8, 4) is 0 Å². The number of rotatable bonds is 18. The SMILES string of the molecule is C/C=C/CCCCCCCCCCCCCCCOC[C@H]1OC[C@H](O)[C@@H](O)[C@@H]1O. The zero-order chi connectivity index (χ0) is 21.2. The van der Waals surface area contributed by atoms with Crippen molar-refractivity contribution in [3.63, 3.8) is 0 Å². The number of hydrogen-bond donors (Lipinski definition) is 3. The van der Waals surface area contributed by atoms with Crippen LogP contribution in [0.1, 0.15) is 96.8 Å². The lowest BCUT2D eigenvalue weighted by molar-refractivity contribution is -0.199. The zero-order valence-corrected chi connectivity index (χ0v) is 18.6. The Morgan fingerprint density at radius 3 is 1.83 bits per heavy atom. The van der Waals surface area contributed by atoms with E-state index in [0.29, 0.717) is 6.61 Å². The molecule has 0 aliphatic carbocycles. The van der Waals surface area contributed by atoms with Gasteiger partial charge in [0.15, 0.2) is 0 Å². The van der Waals surface area contributed by atoms with Crippen molar-refractivity contribution < 1.29 is 24.8 Å². The molecule has 0 saturated carbocycles. The fraction of sp³-hybridized carbons (Fsp3) is 0.917. The summed E-state index contributed by atoms with van der Waals surface area (Å²) >= 11 is 0. The standard InChI is InChI=1S/C24H46O5/c1-2-3-4-5-6-7-8-9-10-11-12-13-14-15-16-17-18-28-20-22-24(27)23(26)21(25)19-29-22/h2-3,21-27H,4-20H2,1H3/b3-2+/t21-,22+,23+,24+/m0/s1. The third-order valence-electron chi connectivity index (χ3n) is 5.78. The second kappa shape index (κ2) is 18.3. The van der Waals surface area contributed by atoms with E-state index in [0.717, 1.165) is 6.42 Å². The molecule has 172 valence electrons. The van der Waals surface area contributed by atoms with E-state index in [1.807, 2.05) is 0 Å². The molecule has 0 aromatic rings. The molecule has 0 amide bonds. The monoisotopic (exact) mass is 414 g/mol. The van der Waals surface area contributed by atoms with Crippen molar-refractivity contribution in [2.45, 2.75) is 121 Å². The van der Waals surface area contributed by atoms with Crippen molar-refractivity contribution in [1.82, 2.24) is 0 Å². The van der Waals surface area contributed by atoms with Crippen LogP contribution < -0.4 is 0 Å². The van der Waals surface area contributed by atoms with Gasteiger partial charge in [-0.1, -0.05) is 82.8 Å². The molecule has 1 aliphatic heterocycles. The normalized spacial score (nSPS) is 25.1. The summed E-state index contributed by atoms with van der Waals surface area (Å²) < 4.78 is 10.9. The molecule has 1 heterocycles. The Bertz CT molecular complexity index is 387. The molecule has 1 saturated heterocycles. The number of ether oxygens (including phenoxy) is 2. The van der Waals surface area contributed by atoms with Crippen LogP contribution in [0.4, 0.5) is 0 Å². The van der Waals surface area contributed by atoms with Gasteiger partial charge in [-0.2, -0.15) is 0 Å². The number of unbranched alkanes of at least 4 members (excludes halogenated alkanes) is 13. The van der Waals surface area contributed by atoms with Gasteiger partial charge in [-0.25, -0.2) is 0 Å². The van der Waals surface area contributed by atoms with E-state index in [1.165, 1.54) is 83.5 Å². The van der Waals surface area contributed by atoms with E-state index >= 15 is 0 Å². The van der Waals surface area contributed by atoms with Gasteiger partial charge in [0.1, 0.15) is 24.4 Å². The van der Waals surface area contributed by atoms with Gasteiger partial charge >= 0.3 is 0 Å². The minimum absolute atomic E-state index is 0.0448. The first-order valence-electron chi connectivity index (χ1n) is 12.0. The Labute approximate surface area is 178 Å². The topological polar surface area (TPSA) is 79.2 Å². The number of aliphatic hydroxyl groups excluding tert-OH is 3. The van der Waals surface area contributed by atoms with E-state index in [1.54, 1.807) is 0 Å². The Kier molecular flexibility index (Phi) is 16.8. The van der Waals surface area contributed by atoms with Crippen LogP contribution in [0.15, 0.2) is 12.2 Å². The lowest BCUT2D eigenvalue weighted by Crippen LogP contribution is -2.54. The van der Waals surface area contributed by atoms with E-state index in [2.05, 4.69) is 19.1 Å². The minimum Gasteiger partial charge on any atom is -0.388 e. The lowest BCUT2D eigenvalue weighted by atomic mass is 10.0. The molecule has 1 aliphatic rings. The average Bonchev–Trinajstić information content (AvgIpc) is 2.72. The van der Waals surface area contributed by atoms with Crippen LogP contribution in [0.2, 0.25) is 0 Å². The van der Waals surface area contributed by atoms with E-state index in [9.17, 15) is 15.3 Å². The van der Waals surface area contributed by atoms with Crippen LogP contribution in [0.5, 0.6) is 0 Å². The summed E-state index contributed by atoms with van der Waals surface area (Å²) in [4.78, 5) is 0. The molecule has 0 radical (unpaired) electrons. The van der Waals surface area contributed by atoms with E-state index < -0.39 is 24.4 Å². The molecule has 5 nitrogen and oxygen atoms in total. The maximum atomic E-state index is 9.83. The molecule has 29 heavy (non-hydrogen) atoms. The molecule has 0 bridgehead atoms. The Morgan fingerprint density at radius 2 is 1.28 bits per heavy atom. The van der Waals surface area contributed by atoms with Crippen LogP contribution in [-0.4, -0.2) is 59.6 Å². The summed E-state index contributed by atoms with van der Waals surface area (Å²) in [6.07, 6.45) is 19.0. The first-order valence-corrected chi connectivity index (χ1v) is 12.0. The third kappa shape index (κ3) is 13.5. The van der Waals surface area contributed by atoms with Gasteiger partial charge < -0.3 is 24.8 Å². The largest absolute Gasteiger partial charge is 0.388 e. The molecule has 0 aromatic carbocycles. The average molecular weight is 415 g/mol. The minimum atomic E-state index is -1.15. The van der Waals surface area contributed by atoms with Crippen molar-refractivity contribution in [2.24, 2.45) is 0 Å².